The Balaban J connectivity index is 1.70. The van der Waals surface area contributed by atoms with E-state index < -0.39 is 9.84 Å². The number of nitrogens with zero attached hydrogens (tertiary/aromatic N) is 2. The first-order valence-electron chi connectivity index (χ1n) is 7.07. The van der Waals surface area contributed by atoms with Gasteiger partial charge in [-0.3, -0.25) is 4.79 Å². The van der Waals surface area contributed by atoms with Crippen LogP contribution in [0, 0.1) is 0 Å². The molecule has 1 aromatic heterocycles. The van der Waals surface area contributed by atoms with Crippen LogP contribution in [0.4, 0.5) is 0 Å². The van der Waals surface area contributed by atoms with Crippen molar-refractivity contribution in [1.82, 2.24) is 15.5 Å². The molecule has 1 N–H and O–H groups in total. The third-order valence-corrected chi connectivity index (χ3v) is 8.08. The summed E-state index contributed by atoms with van der Waals surface area (Å²) >= 11 is 4.53. The number of carbonyl (C=O) groups is 1. The predicted molar refractivity (Wildman–Crippen MR) is 91.5 cm³/mol. The maximum Gasteiger partial charge on any atom is 0.230 e. The third kappa shape index (κ3) is 6.05. The summed E-state index contributed by atoms with van der Waals surface area (Å²) < 4.78 is 24.4. The van der Waals surface area contributed by atoms with Crippen molar-refractivity contribution < 1.29 is 13.2 Å². The van der Waals surface area contributed by atoms with Gasteiger partial charge >= 0.3 is 0 Å². The lowest BCUT2D eigenvalue weighted by Crippen LogP contribution is -2.36. The predicted octanol–water partition coefficient (Wildman–Crippen LogP) is 1.83. The zero-order chi connectivity index (χ0) is 16.0. The summed E-state index contributed by atoms with van der Waals surface area (Å²) in [4.78, 5) is 11.8. The summed E-state index contributed by atoms with van der Waals surface area (Å²) in [5.74, 6) is 1.35. The molecule has 2 heterocycles. The Bertz CT molecular complexity index is 603. The zero-order valence-corrected chi connectivity index (χ0v) is 15.5. The monoisotopic (exact) mass is 381 g/mol. The van der Waals surface area contributed by atoms with Gasteiger partial charge in [-0.15, -0.1) is 10.2 Å². The smallest absolute Gasteiger partial charge is 0.230 e. The van der Waals surface area contributed by atoms with Crippen LogP contribution in [0.25, 0.3) is 0 Å². The maximum atomic E-state index is 11.8. The van der Waals surface area contributed by atoms with Gasteiger partial charge in [-0.2, -0.15) is 0 Å². The number of thioether (sulfide) groups is 2. The molecular formula is C12H19N3O3S4. The van der Waals surface area contributed by atoms with Gasteiger partial charge in [0.25, 0.3) is 0 Å². The van der Waals surface area contributed by atoms with Crippen molar-refractivity contribution in [3.63, 3.8) is 0 Å². The fourth-order valence-electron chi connectivity index (χ4n) is 1.92. The van der Waals surface area contributed by atoms with Crippen LogP contribution in [0.5, 0.6) is 0 Å². The van der Waals surface area contributed by atoms with E-state index in [1.165, 1.54) is 23.1 Å². The minimum atomic E-state index is -2.96. The number of carbonyl (C=O) groups excluding carboxylic acids is 1. The van der Waals surface area contributed by atoms with E-state index in [4.69, 9.17) is 0 Å². The van der Waals surface area contributed by atoms with Crippen molar-refractivity contribution in [2.45, 2.75) is 40.9 Å². The Hall–Kier alpha value is -0.320. The summed E-state index contributed by atoms with van der Waals surface area (Å²) in [7, 11) is -2.96. The van der Waals surface area contributed by atoms with Crippen LogP contribution in [0.2, 0.25) is 0 Å². The molecule has 0 saturated carbocycles. The number of hydrogen-bond donors (Lipinski definition) is 1. The van der Waals surface area contributed by atoms with E-state index in [0.29, 0.717) is 6.42 Å². The molecule has 0 spiro atoms. The molecule has 1 atom stereocenters. The van der Waals surface area contributed by atoms with Gasteiger partial charge in [-0.05, 0) is 12.8 Å². The Morgan fingerprint density at radius 2 is 2.09 bits per heavy atom. The molecule has 1 aliphatic rings. The molecule has 1 fully saturated rings. The quantitative estimate of drug-likeness (QED) is 0.543. The molecule has 124 valence electrons. The minimum Gasteiger partial charge on any atom is -0.352 e. The molecule has 10 heteroatoms. The topological polar surface area (TPSA) is 89.0 Å². The molecule has 0 aromatic carbocycles. The minimum absolute atomic E-state index is 0.0560. The van der Waals surface area contributed by atoms with Gasteiger partial charge in [0.1, 0.15) is 0 Å². The zero-order valence-electron chi connectivity index (χ0n) is 12.3. The van der Waals surface area contributed by atoms with Crippen molar-refractivity contribution in [2.24, 2.45) is 0 Å². The lowest BCUT2D eigenvalue weighted by atomic mass is 10.3. The molecule has 1 aliphatic heterocycles. The van der Waals surface area contributed by atoms with E-state index in [9.17, 15) is 13.2 Å². The average Bonchev–Trinajstić information content (AvgIpc) is 3.03. The Morgan fingerprint density at radius 3 is 2.73 bits per heavy atom. The highest BCUT2D eigenvalue weighted by atomic mass is 32.2. The van der Waals surface area contributed by atoms with Crippen LogP contribution in [0.15, 0.2) is 8.68 Å². The number of amides is 1. The van der Waals surface area contributed by atoms with Crippen LogP contribution in [-0.4, -0.2) is 53.6 Å². The SMILES string of the molecule is CCCCSc1nnc(SCC(=O)N[C@@H]2CCS(=O)(=O)C2)s1. The largest absolute Gasteiger partial charge is 0.352 e. The van der Waals surface area contributed by atoms with E-state index in [2.05, 4.69) is 22.4 Å². The second-order valence-electron chi connectivity index (χ2n) is 4.99. The second-order valence-corrected chi connectivity index (χ2v) is 10.8. The highest BCUT2D eigenvalue weighted by molar-refractivity contribution is 8.03. The molecule has 6 nitrogen and oxygen atoms in total. The second kappa shape index (κ2) is 8.51. The average molecular weight is 382 g/mol. The molecule has 0 aliphatic carbocycles. The Morgan fingerprint density at radius 1 is 1.36 bits per heavy atom. The molecule has 1 aromatic rings. The van der Waals surface area contributed by atoms with Gasteiger partial charge in [0.05, 0.1) is 17.3 Å². The normalized spacial score (nSPS) is 20.1. The van der Waals surface area contributed by atoms with E-state index in [1.807, 2.05) is 0 Å². The molecule has 1 saturated heterocycles. The molecule has 1 amide bonds. The molecule has 0 bridgehead atoms. The fraction of sp³-hybridized carbons (Fsp3) is 0.750. The van der Waals surface area contributed by atoms with Crippen molar-refractivity contribution in [3.8, 4) is 0 Å². The molecule has 2 rings (SSSR count). The van der Waals surface area contributed by atoms with E-state index in [-0.39, 0.29) is 29.2 Å². The first kappa shape index (κ1) is 18.0. The van der Waals surface area contributed by atoms with E-state index in [1.54, 1.807) is 11.8 Å². The Labute approximate surface area is 143 Å². The number of aromatic nitrogens is 2. The van der Waals surface area contributed by atoms with Crippen LogP contribution < -0.4 is 5.32 Å². The highest BCUT2D eigenvalue weighted by Crippen LogP contribution is 2.29. The summed E-state index contributed by atoms with van der Waals surface area (Å²) in [6, 6.07) is -0.243. The molecular weight excluding hydrogens is 362 g/mol. The van der Waals surface area contributed by atoms with Gasteiger partial charge in [0.2, 0.25) is 5.91 Å². The number of sulfone groups is 1. The summed E-state index contributed by atoms with van der Waals surface area (Å²) in [5.41, 5.74) is 0. The maximum absolute atomic E-state index is 11.8. The number of hydrogen-bond acceptors (Lipinski definition) is 8. The van der Waals surface area contributed by atoms with Gasteiger partial charge in [0.15, 0.2) is 18.5 Å². The Kier molecular flexibility index (Phi) is 6.97. The molecule has 0 unspecified atom stereocenters. The highest BCUT2D eigenvalue weighted by Gasteiger charge is 2.28. The summed E-state index contributed by atoms with van der Waals surface area (Å²) in [5, 5.41) is 10.9. The standard InChI is InChI=1S/C12H19N3O3S4/c1-2-3-5-19-11-14-15-12(21-11)20-7-10(16)13-9-4-6-22(17,18)8-9/h9H,2-8H2,1H3,(H,13,16)/t9-/m1/s1. The van der Waals surface area contributed by atoms with Crippen LogP contribution in [0.3, 0.4) is 0 Å². The summed E-state index contributed by atoms with van der Waals surface area (Å²) in [6.07, 6.45) is 2.82. The first-order valence-corrected chi connectivity index (χ1v) is 11.7. The number of nitrogens with one attached hydrogen (secondary N) is 1. The lowest BCUT2D eigenvalue weighted by molar-refractivity contribution is -0.119. The first-order chi connectivity index (χ1) is 10.5. The van der Waals surface area contributed by atoms with Crippen molar-refractivity contribution >= 4 is 50.6 Å². The van der Waals surface area contributed by atoms with Crippen LogP contribution in [0.1, 0.15) is 26.2 Å². The fourth-order valence-corrected chi connectivity index (χ4v) is 6.58. The van der Waals surface area contributed by atoms with Crippen molar-refractivity contribution in [1.29, 1.82) is 0 Å². The van der Waals surface area contributed by atoms with Crippen molar-refractivity contribution in [2.75, 3.05) is 23.0 Å². The molecule has 22 heavy (non-hydrogen) atoms. The van der Waals surface area contributed by atoms with Gasteiger partial charge in [0, 0.05) is 11.8 Å². The van der Waals surface area contributed by atoms with Crippen LogP contribution in [-0.2, 0) is 14.6 Å². The third-order valence-electron chi connectivity index (χ3n) is 3.04. The number of unbranched alkanes of at least 4 members (excludes halogenated alkanes) is 1. The van der Waals surface area contributed by atoms with Crippen LogP contribution >= 0.6 is 34.9 Å². The van der Waals surface area contributed by atoms with Gasteiger partial charge < -0.3 is 5.32 Å². The lowest BCUT2D eigenvalue weighted by Gasteiger charge is -2.09. The van der Waals surface area contributed by atoms with Gasteiger partial charge in [-0.1, -0.05) is 48.2 Å². The van der Waals surface area contributed by atoms with Gasteiger partial charge in [-0.25, -0.2) is 8.42 Å². The van der Waals surface area contributed by atoms with Crippen molar-refractivity contribution in [3.05, 3.63) is 0 Å². The van der Waals surface area contributed by atoms with E-state index >= 15 is 0 Å². The number of rotatable bonds is 8. The summed E-state index contributed by atoms with van der Waals surface area (Å²) in [6.45, 7) is 2.15. The molecule has 0 radical (unpaired) electrons. The van der Waals surface area contributed by atoms with E-state index in [0.717, 1.165) is 27.3 Å².